The van der Waals surface area contributed by atoms with E-state index in [1.807, 2.05) is 13.0 Å². The zero-order chi connectivity index (χ0) is 5.28. The van der Waals surface area contributed by atoms with Gasteiger partial charge in [0.2, 0.25) is 0 Å². The Labute approximate surface area is 43.7 Å². The molecule has 0 aliphatic heterocycles. The van der Waals surface area contributed by atoms with Gasteiger partial charge in [-0.25, -0.2) is 0 Å². The molecule has 1 aromatic heterocycles. The van der Waals surface area contributed by atoms with Crippen molar-refractivity contribution >= 4 is 13.5 Å². The highest BCUT2D eigenvalue weighted by Gasteiger charge is 1.85. The topological polar surface area (TPSA) is 13.1 Å². The van der Waals surface area contributed by atoms with Crippen LogP contribution in [0.15, 0.2) is 16.5 Å². The first-order valence-corrected chi connectivity index (χ1v) is 2.11. The van der Waals surface area contributed by atoms with Crippen LogP contribution in [0.2, 0.25) is 0 Å². The lowest BCUT2D eigenvalue weighted by atomic mass is 10.1. The molecule has 0 atom stereocenters. The van der Waals surface area contributed by atoms with Gasteiger partial charge in [-0.2, -0.15) is 0 Å². The molecule has 0 N–H and O–H groups in total. The van der Waals surface area contributed by atoms with E-state index in [1.54, 1.807) is 6.07 Å². The molecule has 0 aromatic carbocycles. The predicted octanol–water partition coefficient (Wildman–Crippen LogP) is 0.382. The quantitative estimate of drug-likeness (QED) is 0.421. The van der Waals surface area contributed by atoms with Gasteiger partial charge < -0.3 is 4.42 Å². The summed E-state index contributed by atoms with van der Waals surface area (Å²) < 4.78 is 4.86. The minimum Gasteiger partial charge on any atom is -0.478 e. The normalized spacial score (nSPS) is 9.29. The molecule has 1 aromatic rings. The van der Waals surface area contributed by atoms with Crippen LogP contribution in [0.1, 0.15) is 5.76 Å². The smallest absolute Gasteiger partial charge is 0.167 e. The van der Waals surface area contributed by atoms with E-state index >= 15 is 0 Å². The summed E-state index contributed by atoms with van der Waals surface area (Å²) in [7, 11) is 5.21. The largest absolute Gasteiger partial charge is 0.478 e. The molecule has 0 amide bonds. The molecule has 0 spiro atoms. The Morgan fingerprint density at radius 2 is 2.29 bits per heavy atom. The van der Waals surface area contributed by atoms with E-state index in [0.717, 1.165) is 5.76 Å². The minimum atomic E-state index is 0.484. The monoisotopic (exact) mass is 92.0 g/mol. The molecule has 0 aliphatic carbocycles. The Kier molecular flexibility index (Phi) is 0.932. The Morgan fingerprint density at radius 1 is 1.57 bits per heavy atom. The van der Waals surface area contributed by atoms with Gasteiger partial charge >= 0.3 is 0 Å². The van der Waals surface area contributed by atoms with E-state index < -0.39 is 0 Å². The lowest BCUT2D eigenvalue weighted by molar-refractivity contribution is 0.566. The number of hydrogen-bond acceptors (Lipinski definition) is 1. The van der Waals surface area contributed by atoms with Crippen LogP contribution in [-0.2, 0) is 0 Å². The third-order valence-corrected chi connectivity index (χ3v) is 0.761. The Morgan fingerprint density at radius 3 is 2.43 bits per heavy atom. The molecule has 2 radical (unpaired) electrons. The minimum absolute atomic E-state index is 0.484. The SMILES string of the molecule is [B]c1ccc(C)o1. The van der Waals surface area contributed by atoms with Crippen LogP contribution in [0, 0.1) is 6.92 Å². The fourth-order valence-electron chi connectivity index (χ4n) is 0.453. The first-order chi connectivity index (χ1) is 3.29. The van der Waals surface area contributed by atoms with Crippen molar-refractivity contribution in [1.29, 1.82) is 0 Å². The van der Waals surface area contributed by atoms with E-state index in [-0.39, 0.29) is 0 Å². The molecule has 0 bridgehead atoms. The summed E-state index contributed by atoms with van der Waals surface area (Å²) in [5.74, 6) is 0.859. The van der Waals surface area contributed by atoms with Crippen LogP contribution in [0.3, 0.4) is 0 Å². The second-order valence-electron chi connectivity index (χ2n) is 1.45. The van der Waals surface area contributed by atoms with Gasteiger partial charge in [0, 0.05) is 5.66 Å². The zero-order valence-electron chi connectivity index (χ0n) is 4.14. The van der Waals surface area contributed by atoms with Crippen LogP contribution in [-0.4, -0.2) is 7.85 Å². The summed E-state index contributed by atoms with van der Waals surface area (Å²) in [5.41, 5.74) is 0.484. The molecule has 1 nitrogen and oxygen atoms in total. The van der Waals surface area contributed by atoms with Crippen molar-refractivity contribution < 1.29 is 4.42 Å². The average molecular weight is 91.9 g/mol. The third kappa shape index (κ3) is 0.859. The van der Waals surface area contributed by atoms with Crippen LogP contribution in [0.25, 0.3) is 0 Å². The van der Waals surface area contributed by atoms with Crippen LogP contribution in [0.4, 0.5) is 0 Å². The maximum atomic E-state index is 5.21. The predicted molar refractivity (Wildman–Crippen MR) is 28.8 cm³/mol. The van der Waals surface area contributed by atoms with Gasteiger partial charge in [-0.3, -0.25) is 0 Å². The van der Waals surface area contributed by atoms with Gasteiger partial charge in [-0.1, -0.05) is 0 Å². The second-order valence-corrected chi connectivity index (χ2v) is 1.45. The molecule has 0 saturated heterocycles. The van der Waals surface area contributed by atoms with Gasteiger partial charge in [-0.05, 0) is 19.1 Å². The van der Waals surface area contributed by atoms with Crippen LogP contribution < -0.4 is 5.66 Å². The van der Waals surface area contributed by atoms with Crippen LogP contribution >= 0.6 is 0 Å². The van der Waals surface area contributed by atoms with Gasteiger partial charge in [0.1, 0.15) is 0 Å². The van der Waals surface area contributed by atoms with E-state index in [0.29, 0.717) is 5.66 Å². The number of aryl methyl sites for hydroxylation is 1. The number of hydrogen-bond donors (Lipinski definition) is 0. The van der Waals surface area contributed by atoms with Crippen molar-refractivity contribution in [1.82, 2.24) is 0 Å². The number of rotatable bonds is 0. The number of furan rings is 1. The fraction of sp³-hybridized carbons (Fsp3) is 0.200. The summed E-state index contributed by atoms with van der Waals surface area (Å²) in [6.45, 7) is 1.86. The third-order valence-electron chi connectivity index (χ3n) is 0.761. The molecule has 0 unspecified atom stereocenters. The molecular weight excluding hydrogens is 86.9 g/mol. The molecule has 1 rings (SSSR count). The summed E-state index contributed by atoms with van der Waals surface area (Å²) in [6, 6.07) is 3.56. The van der Waals surface area contributed by atoms with Gasteiger partial charge in [-0.15, -0.1) is 0 Å². The summed E-state index contributed by atoms with van der Waals surface area (Å²) >= 11 is 0. The first kappa shape index (κ1) is 4.50. The Balaban J connectivity index is 3.04. The van der Waals surface area contributed by atoms with Crippen LogP contribution in [0.5, 0.6) is 0 Å². The molecule has 34 valence electrons. The van der Waals surface area contributed by atoms with Crippen molar-refractivity contribution in [2.45, 2.75) is 6.92 Å². The molecule has 0 fully saturated rings. The average Bonchev–Trinajstić information content (AvgIpc) is 1.87. The van der Waals surface area contributed by atoms with E-state index in [2.05, 4.69) is 0 Å². The molecule has 2 heteroatoms. The molecule has 1 heterocycles. The Bertz CT molecular complexity index is 140. The van der Waals surface area contributed by atoms with Gasteiger partial charge in [0.15, 0.2) is 7.85 Å². The van der Waals surface area contributed by atoms with E-state index in [1.165, 1.54) is 0 Å². The first-order valence-electron chi connectivity index (χ1n) is 2.11. The standard InChI is InChI=1S/C5H5BO/c1-4-2-3-5(6)7-4/h2-3H,1H3. The summed E-state index contributed by atoms with van der Waals surface area (Å²) in [5, 5.41) is 0. The maximum absolute atomic E-state index is 5.21. The lowest BCUT2D eigenvalue weighted by Gasteiger charge is -1.76. The lowest BCUT2D eigenvalue weighted by Crippen LogP contribution is -1.92. The van der Waals surface area contributed by atoms with E-state index in [9.17, 15) is 0 Å². The molecule has 7 heavy (non-hydrogen) atoms. The molecular formula is C5H5BO. The fourth-order valence-corrected chi connectivity index (χ4v) is 0.453. The van der Waals surface area contributed by atoms with Crippen molar-refractivity contribution in [3.63, 3.8) is 0 Å². The van der Waals surface area contributed by atoms with Gasteiger partial charge in [0.25, 0.3) is 0 Å². The van der Waals surface area contributed by atoms with E-state index in [4.69, 9.17) is 12.3 Å². The van der Waals surface area contributed by atoms with Crippen molar-refractivity contribution in [2.75, 3.05) is 0 Å². The molecule has 0 saturated carbocycles. The summed E-state index contributed by atoms with van der Waals surface area (Å²) in [4.78, 5) is 0. The van der Waals surface area contributed by atoms with Crippen molar-refractivity contribution in [3.8, 4) is 0 Å². The maximum Gasteiger partial charge on any atom is 0.167 e. The highest BCUT2D eigenvalue weighted by atomic mass is 16.3. The molecule has 0 aliphatic rings. The highest BCUT2D eigenvalue weighted by Crippen LogP contribution is 1.90. The highest BCUT2D eigenvalue weighted by molar-refractivity contribution is 6.29. The van der Waals surface area contributed by atoms with Crippen molar-refractivity contribution in [3.05, 3.63) is 17.9 Å². The zero-order valence-corrected chi connectivity index (χ0v) is 4.14. The van der Waals surface area contributed by atoms with Crippen molar-refractivity contribution in [2.24, 2.45) is 0 Å². The summed E-state index contributed by atoms with van der Waals surface area (Å²) in [6.07, 6.45) is 0. The second kappa shape index (κ2) is 1.45. The Hall–Kier alpha value is -0.655. The van der Waals surface area contributed by atoms with Gasteiger partial charge in [0.05, 0.1) is 5.76 Å².